The van der Waals surface area contributed by atoms with Crippen LogP contribution in [0.15, 0.2) is 12.1 Å². The van der Waals surface area contributed by atoms with Gasteiger partial charge in [-0.3, -0.25) is 4.79 Å². The molecular weight excluding hydrogens is 269 g/mol. The molecular formula is C14H17F3N2O. The molecule has 1 saturated heterocycles. The third-order valence-corrected chi connectivity index (χ3v) is 3.98. The lowest BCUT2D eigenvalue weighted by Crippen LogP contribution is -2.44. The van der Waals surface area contributed by atoms with Crippen molar-refractivity contribution in [1.82, 2.24) is 5.32 Å². The van der Waals surface area contributed by atoms with Gasteiger partial charge in [0, 0.05) is 12.1 Å². The number of anilines is 1. The maximum Gasteiger partial charge on any atom is 0.230 e. The highest BCUT2D eigenvalue weighted by molar-refractivity contribution is 5.95. The molecule has 1 fully saturated rings. The second-order valence-corrected chi connectivity index (χ2v) is 5.08. The average molecular weight is 286 g/mol. The van der Waals surface area contributed by atoms with E-state index < -0.39 is 22.9 Å². The average Bonchev–Trinajstić information content (AvgIpc) is 2.45. The molecule has 1 heterocycles. The van der Waals surface area contributed by atoms with E-state index in [0.717, 1.165) is 0 Å². The Balaban J connectivity index is 2.20. The molecule has 0 aliphatic carbocycles. The Morgan fingerprint density at radius 2 is 1.80 bits per heavy atom. The SMILES string of the molecule is CCC1(C(=O)Nc2cc(F)c(F)cc2F)CCNCC1. The van der Waals surface area contributed by atoms with Gasteiger partial charge in [0.05, 0.1) is 11.1 Å². The Labute approximate surface area is 115 Å². The van der Waals surface area contributed by atoms with E-state index in [9.17, 15) is 18.0 Å². The first-order valence-corrected chi connectivity index (χ1v) is 6.65. The largest absolute Gasteiger partial charge is 0.323 e. The van der Waals surface area contributed by atoms with Crippen LogP contribution in [-0.4, -0.2) is 19.0 Å². The highest BCUT2D eigenvalue weighted by Crippen LogP contribution is 2.34. The van der Waals surface area contributed by atoms with Crippen LogP contribution in [0.4, 0.5) is 18.9 Å². The predicted octanol–water partition coefficient (Wildman–Crippen LogP) is 2.82. The molecule has 1 amide bonds. The van der Waals surface area contributed by atoms with E-state index in [0.29, 0.717) is 44.5 Å². The quantitative estimate of drug-likeness (QED) is 0.839. The number of rotatable bonds is 3. The summed E-state index contributed by atoms with van der Waals surface area (Å²) in [6.45, 7) is 3.32. The van der Waals surface area contributed by atoms with Crippen LogP contribution in [0.25, 0.3) is 0 Å². The lowest BCUT2D eigenvalue weighted by Gasteiger charge is -2.35. The van der Waals surface area contributed by atoms with Crippen molar-refractivity contribution >= 4 is 11.6 Å². The minimum absolute atomic E-state index is 0.319. The van der Waals surface area contributed by atoms with Crippen molar-refractivity contribution < 1.29 is 18.0 Å². The van der Waals surface area contributed by atoms with Crippen LogP contribution in [0.2, 0.25) is 0 Å². The molecule has 0 unspecified atom stereocenters. The van der Waals surface area contributed by atoms with Crippen molar-refractivity contribution in [2.45, 2.75) is 26.2 Å². The molecule has 0 atom stereocenters. The van der Waals surface area contributed by atoms with Gasteiger partial charge < -0.3 is 10.6 Å². The predicted molar refractivity (Wildman–Crippen MR) is 69.8 cm³/mol. The van der Waals surface area contributed by atoms with E-state index in [2.05, 4.69) is 10.6 Å². The lowest BCUT2D eigenvalue weighted by atomic mass is 9.76. The van der Waals surface area contributed by atoms with Crippen molar-refractivity contribution in [3.05, 3.63) is 29.6 Å². The van der Waals surface area contributed by atoms with Gasteiger partial charge in [0.2, 0.25) is 5.91 Å². The molecule has 1 aromatic carbocycles. The van der Waals surface area contributed by atoms with Crippen LogP contribution in [0.3, 0.4) is 0 Å². The Morgan fingerprint density at radius 3 is 2.40 bits per heavy atom. The number of carbonyl (C=O) groups excluding carboxylic acids is 1. The molecule has 0 spiro atoms. The first-order valence-electron chi connectivity index (χ1n) is 6.65. The molecule has 1 aliphatic rings. The number of hydrogen-bond acceptors (Lipinski definition) is 2. The number of nitrogens with one attached hydrogen (secondary N) is 2. The molecule has 20 heavy (non-hydrogen) atoms. The maximum atomic E-state index is 13.6. The van der Waals surface area contributed by atoms with E-state index >= 15 is 0 Å². The first-order chi connectivity index (χ1) is 9.48. The van der Waals surface area contributed by atoms with Gasteiger partial charge in [-0.25, -0.2) is 13.2 Å². The summed E-state index contributed by atoms with van der Waals surface area (Å²) in [5.74, 6) is -3.77. The zero-order valence-corrected chi connectivity index (χ0v) is 11.2. The molecule has 1 aromatic rings. The first kappa shape index (κ1) is 14.8. The fourth-order valence-corrected chi connectivity index (χ4v) is 2.52. The van der Waals surface area contributed by atoms with Crippen LogP contribution < -0.4 is 10.6 Å². The zero-order valence-electron chi connectivity index (χ0n) is 11.2. The van der Waals surface area contributed by atoms with E-state index in [1.807, 2.05) is 6.92 Å². The second kappa shape index (κ2) is 5.83. The molecule has 3 nitrogen and oxygen atoms in total. The van der Waals surface area contributed by atoms with E-state index in [4.69, 9.17) is 0 Å². The topological polar surface area (TPSA) is 41.1 Å². The van der Waals surface area contributed by atoms with Gasteiger partial charge in [-0.15, -0.1) is 0 Å². The van der Waals surface area contributed by atoms with Crippen molar-refractivity contribution in [3.63, 3.8) is 0 Å². The molecule has 0 bridgehead atoms. The van der Waals surface area contributed by atoms with Crippen molar-refractivity contribution in [2.75, 3.05) is 18.4 Å². The lowest BCUT2D eigenvalue weighted by molar-refractivity contribution is -0.127. The summed E-state index contributed by atoms with van der Waals surface area (Å²) in [6, 6.07) is 1.11. The maximum absolute atomic E-state index is 13.6. The summed E-state index contributed by atoms with van der Waals surface area (Å²) in [5, 5.41) is 5.55. The molecule has 0 aromatic heterocycles. The van der Waals surface area contributed by atoms with Gasteiger partial charge in [0.25, 0.3) is 0 Å². The molecule has 0 saturated carbocycles. The summed E-state index contributed by atoms with van der Waals surface area (Å²) < 4.78 is 39.5. The second-order valence-electron chi connectivity index (χ2n) is 5.08. The highest BCUT2D eigenvalue weighted by atomic mass is 19.2. The number of hydrogen-bond donors (Lipinski definition) is 2. The van der Waals surface area contributed by atoms with E-state index in [1.165, 1.54) is 0 Å². The van der Waals surface area contributed by atoms with Crippen molar-refractivity contribution in [1.29, 1.82) is 0 Å². The summed E-state index contributed by atoms with van der Waals surface area (Å²) in [5.41, 5.74) is -0.900. The molecule has 1 aliphatic heterocycles. The smallest absolute Gasteiger partial charge is 0.230 e. The Kier molecular flexibility index (Phi) is 4.32. The van der Waals surface area contributed by atoms with Crippen LogP contribution in [0.5, 0.6) is 0 Å². The Bertz CT molecular complexity index is 513. The highest BCUT2D eigenvalue weighted by Gasteiger charge is 2.38. The van der Waals surface area contributed by atoms with Crippen LogP contribution in [0, 0.1) is 22.9 Å². The minimum Gasteiger partial charge on any atom is -0.323 e. The molecule has 2 N–H and O–H groups in total. The molecule has 6 heteroatoms. The normalized spacial score (nSPS) is 17.8. The summed E-state index contributed by atoms with van der Waals surface area (Å²) in [6.07, 6.45) is 1.90. The fraction of sp³-hybridized carbons (Fsp3) is 0.500. The Morgan fingerprint density at radius 1 is 1.20 bits per heavy atom. The van der Waals surface area contributed by atoms with Crippen LogP contribution >= 0.6 is 0 Å². The molecule has 110 valence electrons. The monoisotopic (exact) mass is 286 g/mol. The van der Waals surface area contributed by atoms with Gasteiger partial charge in [-0.1, -0.05) is 6.92 Å². The van der Waals surface area contributed by atoms with Gasteiger partial charge in [0.15, 0.2) is 11.6 Å². The van der Waals surface area contributed by atoms with Gasteiger partial charge in [-0.2, -0.15) is 0 Å². The van der Waals surface area contributed by atoms with Gasteiger partial charge >= 0.3 is 0 Å². The third-order valence-electron chi connectivity index (χ3n) is 3.98. The van der Waals surface area contributed by atoms with Crippen LogP contribution in [-0.2, 0) is 4.79 Å². The third kappa shape index (κ3) is 2.80. The van der Waals surface area contributed by atoms with Crippen molar-refractivity contribution in [2.24, 2.45) is 5.41 Å². The van der Waals surface area contributed by atoms with E-state index in [-0.39, 0.29) is 11.6 Å². The minimum atomic E-state index is -1.27. The number of piperidine rings is 1. The number of carbonyl (C=O) groups is 1. The number of amides is 1. The standard InChI is InChI=1S/C14H17F3N2O/c1-2-14(3-5-18-6-4-14)13(20)19-12-8-10(16)9(15)7-11(12)17/h7-8,18H,2-6H2,1H3,(H,19,20). The zero-order chi connectivity index (χ0) is 14.8. The Hall–Kier alpha value is -1.56. The van der Waals surface area contributed by atoms with Gasteiger partial charge in [0.1, 0.15) is 5.82 Å². The molecule has 0 radical (unpaired) electrons. The van der Waals surface area contributed by atoms with Gasteiger partial charge in [-0.05, 0) is 32.4 Å². The summed E-state index contributed by atoms with van der Waals surface area (Å²) in [7, 11) is 0. The van der Waals surface area contributed by atoms with Crippen LogP contribution in [0.1, 0.15) is 26.2 Å². The molecule has 2 rings (SSSR count). The summed E-state index contributed by atoms with van der Waals surface area (Å²) >= 11 is 0. The fourth-order valence-electron chi connectivity index (χ4n) is 2.52. The number of halogens is 3. The van der Waals surface area contributed by atoms with Crippen molar-refractivity contribution in [3.8, 4) is 0 Å². The summed E-state index contributed by atoms with van der Waals surface area (Å²) in [4.78, 5) is 12.3. The number of benzene rings is 1. The van der Waals surface area contributed by atoms with E-state index in [1.54, 1.807) is 0 Å².